The van der Waals surface area contributed by atoms with E-state index >= 15 is 0 Å². The average molecular weight is 199 g/mol. The van der Waals surface area contributed by atoms with E-state index in [2.05, 4.69) is 0 Å². The first-order chi connectivity index (χ1) is 6.72. The number of hydrogen-bond donors (Lipinski definition) is 1. The van der Waals surface area contributed by atoms with Crippen molar-refractivity contribution in [2.75, 3.05) is 13.2 Å². The van der Waals surface area contributed by atoms with Crippen LogP contribution >= 0.6 is 0 Å². The van der Waals surface area contributed by atoms with Crippen LogP contribution < -0.4 is 10.5 Å². The van der Waals surface area contributed by atoms with Crippen LogP contribution in [0.15, 0.2) is 36.2 Å². The van der Waals surface area contributed by atoms with Gasteiger partial charge in [0.2, 0.25) is 0 Å². The van der Waals surface area contributed by atoms with Crippen molar-refractivity contribution < 1.29 is 13.5 Å². The number of benzene rings is 1. The average Bonchev–Trinajstić information content (AvgIpc) is 2.17. The van der Waals surface area contributed by atoms with Crippen LogP contribution in [-0.2, 0) is 0 Å². The molecule has 0 heterocycles. The maximum Gasteiger partial charge on any atom is 0.139 e. The van der Waals surface area contributed by atoms with Crippen molar-refractivity contribution in [3.8, 4) is 5.75 Å². The number of hydrogen-bond acceptors (Lipinski definition) is 2. The largest absolute Gasteiger partial charge is 0.487 e. The monoisotopic (exact) mass is 199 g/mol. The van der Waals surface area contributed by atoms with Crippen LogP contribution in [0.2, 0.25) is 0 Å². The van der Waals surface area contributed by atoms with E-state index in [0.717, 1.165) is 0 Å². The normalized spacial score (nSPS) is 11.5. The second-order valence-electron chi connectivity index (χ2n) is 2.63. The minimum absolute atomic E-state index is 0.138. The zero-order valence-corrected chi connectivity index (χ0v) is 7.54. The van der Waals surface area contributed by atoms with Crippen LogP contribution in [0, 0.1) is 5.82 Å². The summed E-state index contributed by atoms with van der Waals surface area (Å²) in [6.45, 7) is -0.0402. The van der Waals surface area contributed by atoms with Crippen LogP contribution in [0.5, 0.6) is 5.75 Å². The third-order valence-corrected chi connectivity index (χ3v) is 1.53. The van der Waals surface area contributed by atoms with Crippen LogP contribution in [0.25, 0.3) is 0 Å². The van der Waals surface area contributed by atoms with E-state index in [0.29, 0.717) is 5.75 Å². The zero-order chi connectivity index (χ0) is 10.4. The van der Waals surface area contributed by atoms with Crippen molar-refractivity contribution in [2.45, 2.75) is 0 Å². The second kappa shape index (κ2) is 5.34. The highest BCUT2D eigenvalue weighted by Gasteiger charge is 1.97. The molecule has 0 amide bonds. The molecule has 0 aliphatic rings. The fraction of sp³-hybridized carbons (Fsp3) is 0.200. The molecule has 1 rings (SSSR count). The molecule has 0 aromatic heterocycles. The number of ether oxygens (including phenoxy) is 1. The molecule has 4 heteroatoms. The summed E-state index contributed by atoms with van der Waals surface area (Å²) >= 11 is 0. The third-order valence-electron chi connectivity index (χ3n) is 1.53. The van der Waals surface area contributed by atoms with E-state index in [1.54, 1.807) is 0 Å². The highest BCUT2D eigenvalue weighted by molar-refractivity contribution is 5.22. The lowest BCUT2D eigenvalue weighted by Crippen LogP contribution is -2.01. The Labute approximate surface area is 81.0 Å². The smallest absolute Gasteiger partial charge is 0.139 e. The number of rotatable bonds is 4. The predicted octanol–water partition coefficient (Wildman–Crippen LogP) is 2.02. The van der Waals surface area contributed by atoms with E-state index in [1.165, 1.54) is 30.3 Å². The first-order valence-corrected chi connectivity index (χ1v) is 4.15. The van der Waals surface area contributed by atoms with Gasteiger partial charge in [-0.3, -0.25) is 0 Å². The van der Waals surface area contributed by atoms with Gasteiger partial charge >= 0.3 is 0 Å². The van der Waals surface area contributed by atoms with Gasteiger partial charge in [-0.15, -0.1) is 0 Å². The van der Waals surface area contributed by atoms with Gasteiger partial charge in [0.05, 0.1) is 0 Å². The van der Waals surface area contributed by atoms with Crippen LogP contribution in [0.4, 0.5) is 8.78 Å². The molecule has 2 N–H and O–H groups in total. The van der Waals surface area contributed by atoms with E-state index in [1.807, 2.05) is 0 Å². The summed E-state index contributed by atoms with van der Waals surface area (Å²) in [7, 11) is 0. The number of halogens is 2. The van der Waals surface area contributed by atoms with Crippen molar-refractivity contribution in [1.29, 1.82) is 0 Å². The van der Waals surface area contributed by atoms with E-state index in [4.69, 9.17) is 10.5 Å². The van der Waals surface area contributed by atoms with Crippen molar-refractivity contribution in [3.63, 3.8) is 0 Å². The van der Waals surface area contributed by atoms with Gasteiger partial charge in [0.25, 0.3) is 0 Å². The molecule has 0 spiro atoms. The Balaban J connectivity index is 2.46. The molecular weight excluding hydrogens is 188 g/mol. The highest BCUT2D eigenvalue weighted by Crippen LogP contribution is 2.12. The molecule has 1 aromatic rings. The van der Waals surface area contributed by atoms with Crippen molar-refractivity contribution in [2.24, 2.45) is 5.73 Å². The van der Waals surface area contributed by atoms with Crippen LogP contribution in [0.3, 0.4) is 0 Å². The fourth-order valence-corrected chi connectivity index (χ4v) is 0.870. The third kappa shape index (κ3) is 3.53. The molecule has 0 fully saturated rings. The van der Waals surface area contributed by atoms with Gasteiger partial charge < -0.3 is 10.5 Å². The van der Waals surface area contributed by atoms with Gasteiger partial charge in [-0.2, -0.15) is 0 Å². The first kappa shape index (κ1) is 10.7. The van der Waals surface area contributed by atoms with Crippen LogP contribution in [0.1, 0.15) is 0 Å². The summed E-state index contributed by atoms with van der Waals surface area (Å²) in [6, 6.07) is 5.37. The maximum absolute atomic E-state index is 12.8. The first-order valence-electron chi connectivity index (χ1n) is 4.15. The zero-order valence-electron chi connectivity index (χ0n) is 7.54. The van der Waals surface area contributed by atoms with E-state index in [-0.39, 0.29) is 19.0 Å². The summed E-state index contributed by atoms with van der Waals surface area (Å²) in [5, 5.41) is 0. The van der Waals surface area contributed by atoms with Gasteiger partial charge in [-0.05, 0) is 30.3 Å². The van der Waals surface area contributed by atoms with Crippen molar-refractivity contribution >= 4 is 0 Å². The molecule has 0 aliphatic heterocycles. The standard InChI is InChI=1S/C10H11F2NO/c11-8-1-3-10(4-2-8)14-7-9(12)5-6-13/h1-5H,6-7,13H2/b9-5+. The Hall–Kier alpha value is -1.42. The Morgan fingerprint density at radius 1 is 1.36 bits per heavy atom. The number of nitrogens with two attached hydrogens (primary N) is 1. The van der Waals surface area contributed by atoms with Gasteiger partial charge in [-0.25, -0.2) is 8.78 Å². The minimum Gasteiger partial charge on any atom is -0.487 e. The van der Waals surface area contributed by atoms with E-state index in [9.17, 15) is 8.78 Å². The van der Waals surface area contributed by atoms with Gasteiger partial charge in [0.15, 0.2) is 0 Å². The summed E-state index contributed by atoms with van der Waals surface area (Å²) < 4.78 is 30.2. The summed E-state index contributed by atoms with van der Waals surface area (Å²) in [5.74, 6) is -0.362. The lowest BCUT2D eigenvalue weighted by Gasteiger charge is -2.03. The Kier molecular flexibility index (Phi) is 4.07. The fourth-order valence-electron chi connectivity index (χ4n) is 0.870. The minimum atomic E-state index is -0.433. The Bertz CT molecular complexity index is 308. The molecule has 76 valence electrons. The highest BCUT2D eigenvalue weighted by atomic mass is 19.1. The molecule has 0 aliphatic carbocycles. The Morgan fingerprint density at radius 3 is 2.57 bits per heavy atom. The van der Waals surface area contributed by atoms with E-state index < -0.39 is 5.83 Å². The topological polar surface area (TPSA) is 35.2 Å². The lowest BCUT2D eigenvalue weighted by molar-refractivity contribution is 0.318. The van der Waals surface area contributed by atoms with Gasteiger partial charge in [-0.1, -0.05) is 0 Å². The predicted molar refractivity (Wildman–Crippen MR) is 50.1 cm³/mol. The molecule has 2 nitrogen and oxygen atoms in total. The molecule has 0 radical (unpaired) electrons. The van der Waals surface area contributed by atoms with Gasteiger partial charge in [0.1, 0.15) is 24.0 Å². The molecule has 0 unspecified atom stereocenters. The molecule has 14 heavy (non-hydrogen) atoms. The maximum atomic E-state index is 12.8. The van der Waals surface area contributed by atoms with Gasteiger partial charge in [0, 0.05) is 6.54 Å². The lowest BCUT2D eigenvalue weighted by atomic mass is 10.3. The molecule has 0 atom stereocenters. The molecule has 0 saturated heterocycles. The van der Waals surface area contributed by atoms with Crippen molar-refractivity contribution in [3.05, 3.63) is 42.0 Å². The summed E-state index contributed by atoms with van der Waals surface area (Å²) in [5.41, 5.74) is 5.10. The second-order valence-corrected chi connectivity index (χ2v) is 2.63. The molecule has 0 saturated carbocycles. The Morgan fingerprint density at radius 2 is 2.00 bits per heavy atom. The molecule has 1 aromatic carbocycles. The van der Waals surface area contributed by atoms with Crippen molar-refractivity contribution in [1.82, 2.24) is 0 Å². The molecular formula is C10H11F2NO. The quantitative estimate of drug-likeness (QED) is 0.805. The molecule has 0 bridgehead atoms. The van der Waals surface area contributed by atoms with Crippen LogP contribution in [-0.4, -0.2) is 13.2 Å². The summed E-state index contributed by atoms with van der Waals surface area (Å²) in [6.07, 6.45) is 1.23. The summed E-state index contributed by atoms with van der Waals surface area (Å²) in [4.78, 5) is 0. The SMILES string of the molecule is NC/C=C(/F)COc1ccc(F)cc1.